The van der Waals surface area contributed by atoms with E-state index in [2.05, 4.69) is 30.4 Å². The highest BCUT2D eigenvalue weighted by Crippen LogP contribution is 2.36. The summed E-state index contributed by atoms with van der Waals surface area (Å²) in [6.45, 7) is 4.32. The lowest BCUT2D eigenvalue weighted by atomic mass is 9.95. The average molecular weight is 303 g/mol. The van der Waals surface area contributed by atoms with Crippen molar-refractivity contribution in [2.45, 2.75) is 70.5 Å². The summed E-state index contributed by atoms with van der Waals surface area (Å²) in [5.74, 6) is 1.91. The van der Waals surface area contributed by atoms with E-state index in [1.54, 1.807) is 0 Å². The Morgan fingerprint density at radius 2 is 1.64 bits per heavy atom. The molecule has 0 heterocycles. The molecule has 0 unspecified atom stereocenters. The van der Waals surface area contributed by atoms with E-state index in [9.17, 15) is 0 Å². The second-order valence-electron chi connectivity index (χ2n) is 6.62. The molecule has 0 atom stereocenters. The van der Waals surface area contributed by atoms with Crippen LogP contribution >= 0.6 is 0 Å². The molecule has 0 saturated heterocycles. The third-order valence-corrected chi connectivity index (χ3v) is 4.72. The molecule has 0 radical (unpaired) electrons. The normalized spacial score (nSPS) is 18.6. The molecule has 1 N–H and O–H groups in total. The van der Waals surface area contributed by atoms with Gasteiger partial charge in [-0.2, -0.15) is 0 Å². The Kier molecular flexibility index (Phi) is 5.60. The topological polar surface area (TPSA) is 30.5 Å². The minimum Gasteiger partial charge on any atom is -0.487 e. The molecule has 22 heavy (non-hydrogen) atoms. The summed E-state index contributed by atoms with van der Waals surface area (Å²) in [5, 5.41) is 3.46. The average Bonchev–Trinajstić information content (AvgIpc) is 2.44. The van der Waals surface area contributed by atoms with Crippen molar-refractivity contribution < 1.29 is 9.47 Å². The lowest BCUT2D eigenvalue weighted by Crippen LogP contribution is -2.27. The van der Waals surface area contributed by atoms with Crippen molar-refractivity contribution in [2.24, 2.45) is 0 Å². The SMILES string of the molecule is CCCNCCc1ccc(OC2CCC2)c(OC2CCC2)c1. The van der Waals surface area contributed by atoms with Crippen molar-refractivity contribution >= 4 is 0 Å². The van der Waals surface area contributed by atoms with Crippen LogP contribution in [0.4, 0.5) is 0 Å². The summed E-state index contributed by atoms with van der Waals surface area (Å²) in [4.78, 5) is 0. The van der Waals surface area contributed by atoms with Crippen LogP contribution in [0.3, 0.4) is 0 Å². The van der Waals surface area contributed by atoms with Gasteiger partial charge in [0.25, 0.3) is 0 Å². The largest absolute Gasteiger partial charge is 0.487 e. The highest BCUT2D eigenvalue weighted by molar-refractivity contribution is 5.43. The molecular formula is C19H29NO2. The van der Waals surface area contributed by atoms with E-state index in [0.717, 1.165) is 31.0 Å². The molecule has 3 nitrogen and oxygen atoms in total. The minimum absolute atomic E-state index is 0.400. The third kappa shape index (κ3) is 4.16. The zero-order chi connectivity index (χ0) is 15.2. The number of rotatable bonds is 9. The Labute approximate surface area is 134 Å². The van der Waals surface area contributed by atoms with Crippen LogP contribution in [0.25, 0.3) is 0 Å². The maximum Gasteiger partial charge on any atom is 0.161 e. The van der Waals surface area contributed by atoms with Crippen LogP contribution in [0.5, 0.6) is 11.5 Å². The Morgan fingerprint density at radius 1 is 0.955 bits per heavy atom. The van der Waals surface area contributed by atoms with Crippen LogP contribution in [0.2, 0.25) is 0 Å². The number of ether oxygens (including phenoxy) is 2. The van der Waals surface area contributed by atoms with Gasteiger partial charge in [-0.05, 0) is 82.2 Å². The van der Waals surface area contributed by atoms with Crippen LogP contribution in [0.15, 0.2) is 18.2 Å². The second-order valence-corrected chi connectivity index (χ2v) is 6.62. The summed E-state index contributed by atoms with van der Waals surface area (Å²) < 4.78 is 12.3. The standard InChI is InChI=1S/C19H29NO2/c1-2-12-20-13-11-15-9-10-18(21-16-5-3-6-16)19(14-15)22-17-7-4-8-17/h9-10,14,16-17,20H,2-8,11-13H2,1H3. The fourth-order valence-corrected chi connectivity index (χ4v) is 2.77. The molecule has 2 saturated carbocycles. The first-order valence-electron chi connectivity index (χ1n) is 9.02. The molecule has 0 aromatic heterocycles. The first-order valence-corrected chi connectivity index (χ1v) is 9.02. The lowest BCUT2D eigenvalue weighted by molar-refractivity contribution is 0.0906. The van der Waals surface area contributed by atoms with E-state index in [1.165, 1.54) is 50.5 Å². The zero-order valence-electron chi connectivity index (χ0n) is 13.8. The highest BCUT2D eigenvalue weighted by atomic mass is 16.5. The Balaban J connectivity index is 1.62. The zero-order valence-corrected chi connectivity index (χ0v) is 13.8. The molecule has 3 rings (SSSR count). The molecule has 0 bridgehead atoms. The molecule has 0 aliphatic heterocycles. The number of hydrogen-bond acceptors (Lipinski definition) is 3. The van der Waals surface area contributed by atoms with Gasteiger partial charge in [0.15, 0.2) is 11.5 Å². The van der Waals surface area contributed by atoms with Gasteiger partial charge in [0, 0.05) is 0 Å². The molecule has 0 spiro atoms. The third-order valence-electron chi connectivity index (χ3n) is 4.72. The van der Waals surface area contributed by atoms with Gasteiger partial charge in [-0.1, -0.05) is 13.0 Å². The van der Waals surface area contributed by atoms with Gasteiger partial charge in [0.2, 0.25) is 0 Å². The van der Waals surface area contributed by atoms with Gasteiger partial charge in [-0.25, -0.2) is 0 Å². The molecule has 122 valence electrons. The smallest absolute Gasteiger partial charge is 0.161 e. The van der Waals surface area contributed by atoms with Crippen molar-refractivity contribution in [3.63, 3.8) is 0 Å². The Morgan fingerprint density at radius 3 is 2.23 bits per heavy atom. The van der Waals surface area contributed by atoms with E-state index in [4.69, 9.17) is 9.47 Å². The summed E-state index contributed by atoms with van der Waals surface area (Å²) in [6, 6.07) is 6.50. The summed E-state index contributed by atoms with van der Waals surface area (Å²) in [7, 11) is 0. The number of benzene rings is 1. The Hall–Kier alpha value is -1.22. The second kappa shape index (κ2) is 7.87. The predicted octanol–water partition coefficient (Wildman–Crippen LogP) is 4.09. The van der Waals surface area contributed by atoms with Crippen molar-refractivity contribution in [1.29, 1.82) is 0 Å². The lowest BCUT2D eigenvalue weighted by Gasteiger charge is -2.30. The van der Waals surface area contributed by atoms with Crippen LogP contribution < -0.4 is 14.8 Å². The van der Waals surface area contributed by atoms with Crippen molar-refractivity contribution in [1.82, 2.24) is 5.32 Å². The summed E-state index contributed by atoms with van der Waals surface area (Å²) >= 11 is 0. The van der Waals surface area contributed by atoms with Gasteiger partial charge in [0.05, 0.1) is 12.2 Å². The molecule has 2 aliphatic rings. The Bertz CT molecular complexity index is 467. The fraction of sp³-hybridized carbons (Fsp3) is 0.684. The van der Waals surface area contributed by atoms with Crippen LogP contribution in [0.1, 0.15) is 57.4 Å². The first kappa shape index (κ1) is 15.7. The molecule has 3 heteroatoms. The first-order chi connectivity index (χ1) is 10.8. The van der Waals surface area contributed by atoms with E-state index in [0.29, 0.717) is 12.2 Å². The van der Waals surface area contributed by atoms with Crippen molar-refractivity contribution in [3.8, 4) is 11.5 Å². The number of nitrogens with one attached hydrogen (secondary N) is 1. The number of hydrogen-bond donors (Lipinski definition) is 1. The van der Waals surface area contributed by atoms with Crippen LogP contribution in [-0.4, -0.2) is 25.3 Å². The molecule has 1 aromatic carbocycles. The quantitative estimate of drug-likeness (QED) is 0.697. The van der Waals surface area contributed by atoms with Crippen LogP contribution in [-0.2, 0) is 6.42 Å². The molecule has 0 amide bonds. The molecule has 2 fully saturated rings. The fourth-order valence-electron chi connectivity index (χ4n) is 2.77. The maximum atomic E-state index is 6.17. The maximum absolute atomic E-state index is 6.17. The molecule has 1 aromatic rings. The highest BCUT2D eigenvalue weighted by Gasteiger charge is 2.24. The van der Waals surface area contributed by atoms with Crippen molar-refractivity contribution in [2.75, 3.05) is 13.1 Å². The van der Waals surface area contributed by atoms with E-state index >= 15 is 0 Å². The summed E-state index contributed by atoms with van der Waals surface area (Å²) in [5.41, 5.74) is 1.33. The van der Waals surface area contributed by atoms with Crippen molar-refractivity contribution in [3.05, 3.63) is 23.8 Å². The van der Waals surface area contributed by atoms with Crippen LogP contribution in [0, 0.1) is 0 Å². The van der Waals surface area contributed by atoms with Gasteiger partial charge in [-0.3, -0.25) is 0 Å². The van der Waals surface area contributed by atoms with E-state index in [-0.39, 0.29) is 0 Å². The summed E-state index contributed by atoms with van der Waals surface area (Å²) in [6.07, 6.45) is 10.4. The van der Waals surface area contributed by atoms with Gasteiger partial charge >= 0.3 is 0 Å². The van der Waals surface area contributed by atoms with Gasteiger partial charge in [-0.15, -0.1) is 0 Å². The molecule has 2 aliphatic carbocycles. The van der Waals surface area contributed by atoms with E-state index in [1.807, 2.05) is 0 Å². The van der Waals surface area contributed by atoms with Gasteiger partial charge < -0.3 is 14.8 Å². The molecular weight excluding hydrogens is 274 g/mol. The van der Waals surface area contributed by atoms with Gasteiger partial charge in [0.1, 0.15) is 0 Å². The minimum atomic E-state index is 0.400. The predicted molar refractivity (Wildman–Crippen MR) is 89.8 cm³/mol. The monoisotopic (exact) mass is 303 g/mol. The van der Waals surface area contributed by atoms with E-state index < -0.39 is 0 Å².